The molecule has 0 aromatic rings. The van der Waals surface area contributed by atoms with Gasteiger partial charge in [0.15, 0.2) is 0 Å². The van der Waals surface area contributed by atoms with Crippen LogP contribution in [-0.2, 0) is 14.3 Å². The lowest BCUT2D eigenvalue weighted by molar-refractivity contribution is -0.144. The SMILES string of the molecule is COC1=CC(=O)N(C(=O)C(N)CC(C)C)C1CC(C)C. The quantitative estimate of drug-likeness (QED) is 0.804. The van der Waals surface area contributed by atoms with E-state index in [-0.39, 0.29) is 17.9 Å². The van der Waals surface area contributed by atoms with E-state index in [1.807, 2.05) is 27.7 Å². The van der Waals surface area contributed by atoms with Crippen LogP contribution in [0.15, 0.2) is 11.8 Å². The number of methoxy groups -OCH3 is 1. The maximum Gasteiger partial charge on any atom is 0.257 e. The molecule has 5 heteroatoms. The molecule has 2 N–H and O–H groups in total. The Morgan fingerprint density at radius 1 is 1.35 bits per heavy atom. The van der Waals surface area contributed by atoms with Gasteiger partial charge in [-0.05, 0) is 24.7 Å². The third-order valence-corrected chi connectivity index (χ3v) is 3.35. The predicted octanol–water partition coefficient (Wildman–Crippen LogP) is 1.67. The molecule has 0 saturated heterocycles. The van der Waals surface area contributed by atoms with Gasteiger partial charge in [-0.25, -0.2) is 0 Å². The van der Waals surface area contributed by atoms with Crippen LogP contribution in [0.1, 0.15) is 40.5 Å². The van der Waals surface area contributed by atoms with Crippen LogP contribution in [0.25, 0.3) is 0 Å². The van der Waals surface area contributed by atoms with Gasteiger partial charge in [-0.15, -0.1) is 0 Å². The third kappa shape index (κ3) is 3.82. The normalized spacial score (nSPS) is 20.6. The van der Waals surface area contributed by atoms with Crippen molar-refractivity contribution >= 4 is 11.8 Å². The number of rotatable bonds is 6. The lowest BCUT2D eigenvalue weighted by Crippen LogP contribution is -2.49. The summed E-state index contributed by atoms with van der Waals surface area (Å²) in [5.74, 6) is 0.578. The molecule has 1 aliphatic rings. The van der Waals surface area contributed by atoms with Crippen LogP contribution in [0.2, 0.25) is 0 Å². The first-order valence-corrected chi connectivity index (χ1v) is 7.16. The minimum atomic E-state index is -0.641. The molecule has 0 aliphatic carbocycles. The molecule has 1 rings (SSSR count). The molecule has 0 aromatic heterocycles. The molecule has 2 amide bonds. The van der Waals surface area contributed by atoms with Crippen LogP contribution in [0.3, 0.4) is 0 Å². The van der Waals surface area contributed by atoms with Gasteiger partial charge in [0.1, 0.15) is 5.76 Å². The minimum absolute atomic E-state index is 0.308. The Morgan fingerprint density at radius 3 is 2.40 bits per heavy atom. The average Bonchev–Trinajstić information content (AvgIpc) is 2.63. The van der Waals surface area contributed by atoms with Gasteiger partial charge in [-0.2, -0.15) is 0 Å². The van der Waals surface area contributed by atoms with Crippen LogP contribution in [-0.4, -0.2) is 35.9 Å². The molecule has 1 aliphatic heterocycles. The summed E-state index contributed by atoms with van der Waals surface area (Å²) in [6.45, 7) is 8.10. The van der Waals surface area contributed by atoms with E-state index in [1.54, 1.807) is 0 Å². The van der Waals surface area contributed by atoms with Crippen molar-refractivity contribution in [2.24, 2.45) is 17.6 Å². The van der Waals surface area contributed by atoms with Crippen molar-refractivity contribution in [2.75, 3.05) is 7.11 Å². The largest absolute Gasteiger partial charge is 0.499 e. The molecule has 20 heavy (non-hydrogen) atoms. The summed E-state index contributed by atoms with van der Waals surface area (Å²) in [6, 6.07) is -0.962. The van der Waals surface area contributed by atoms with E-state index < -0.39 is 6.04 Å². The number of nitrogens with two attached hydrogens (primary N) is 1. The number of ether oxygens (including phenoxy) is 1. The van der Waals surface area contributed by atoms with Gasteiger partial charge in [0.05, 0.1) is 19.2 Å². The number of hydrogen-bond donors (Lipinski definition) is 1. The Morgan fingerprint density at radius 2 is 1.95 bits per heavy atom. The Balaban J connectivity index is 2.90. The molecule has 2 unspecified atom stereocenters. The minimum Gasteiger partial charge on any atom is -0.499 e. The third-order valence-electron chi connectivity index (χ3n) is 3.35. The molecule has 5 nitrogen and oxygen atoms in total. The lowest BCUT2D eigenvalue weighted by Gasteiger charge is -2.28. The van der Waals surface area contributed by atoms with Gasteiger partial charge in [-0.1, -0.05) is 27.7 Å². The van der Waals surface area contributed by atoms with Gasteiger partial charge in [0, 0.05) is 6.08 Å². The number of carbonyl (C=O) groups is 2. The second-order valence-electron chi connectivity index (χ2n) is 6.18. The van der Waals surface area contributed by atoms with Gasteiger partial charge >= 0.3 is 0 Å². The lowest BCUT2D eigenvalue weighted by atomic mass is 10.00. The van der Waals surface area contributed by atoms with Gasteiger partial charge < -0.3 is 10.5 Å². The van der Waals surface area contributed by atoms with E-state index in [1.165, 1.54) is 18.1 Å². The van der Waals surface area contributed by atoms with Crippen LogP contribution in [0, 0.1) is 11.8 Å². The van der Waals surface area contributed by atoms with Gasteiger partial charge in [0.2, 0.25) is 5.91 Å². The highest BCUT2D eigenvalue weighted by Crippen LogP contribution is 2.27. The molecule has 2 atom stereocenters. The standard InChI is InChI=1S/C15H26N2O3/c1-9(2)6-11(16)15(19)17-12(7-10(3)4)13(20-5)8-14(17)18/h8-12H,6-7,16H2,1-5H3. The number of hydrogen-bond acceptors (Lipinski definition) is 4. The first-order chi connectivity index (χ1) is 9.27. The summed E-state index contributed by atoms with van der Waals surface area (Å²) in [5.41, 5.74) is 5.93. The van der Waals surface area contributed by atoms with E-state index >= 15 is 0 Å². The smallest absolute Gasteiger partial charge is 0.257 e. The molecule has 114 valence electrons. The van der Waals surface area contributed by atoms with Crippen molar-refractivity contribution in [3.63, 3.8) is 0 Å². The summed E-state index contributed by atoms with van der Waals surface area (Å²) < 4.78 is 5.24. The zero-order chi connectivity index (χ0) is 15.4. The molecular weight excluding hydrogens is 256 g/mol. The van der Waals surface area contributed by atoms with Crippen molar-refractivity contribution in [3.8, 4) is 0 Å². The molecule has 0 fully saturated rings. The average molecular weight is 282 g/mol. The number of amides is 2. The Labute approximate surface area is 121 Å². The summed E-state index contributed by atoms with van der Waals surface area (Å²) in [5, 5.41) is 0. The Kier molecular flexibility index (Phi) is 5.74. The van der Waals surface area contributed by atoms with Crippen LogP contribution in [0.5, 0.6) is 0 Å². The number of carbonyl (C=O) groups excluding carboxylic acids is 2. The van der Waals surface area contributed by atoms with Crippen molar-refractivity contribution < 1.29 is 14.3 Å². The second-order valence-corrected chi connectivity index (χ2v) is 6.18. The van der Waals surface area contributed by atoms with Crippen LogP contribution < -0.4 is 5.73 Å². The first-order valence-electron chi connectivity index (χ1n) is 7.16. The maximum absolute atomic E-state index is 12.4. The molecule has 1 heterocycles. The van der Waals surface area contributed by atoms with E-state index in [0.717, 1.165) is 0 Å². The Bertz CT molecular complexity index is 402. The van der Waals surface area contributed by atoms with Crippen molar-refractivity contribution in [1.82, 2.24) is 4.90 Å². The van der Waals surface area contributed by atoms with Crippen LogP contribution >= 0.6 is 0 Å². The van der Waals surface area contributed by atoms with Gasteiger partial charge in [-0.3, -0.25) is 14.5 Å². The maximum atomic E-state index is 12.4. The fourth-order valence-electron chi connectivity index (χ4n) is 2.48. The molecule has 0 bridgehead atoms. The zero-order valence-corrected chi connectivity index (χ0v) is 13.1. The monoisotopic (exact) mass is 282 g/mol. The summed E-state index contributed by atoms with van der Waals surface area (Å²) in [7, 11) is 1.52. The second kappa shape index (κ2) is 6.88. The molecule has 0 radical (unpaired) electrons. The summed E-state index contributed by atoms with van der Waals surface area (Å²) in [4.78, 5) is 25.8. The fraction of sp³-hybridized carbons (Fsp3) is 0.733. The fourth-order valence-corrected chi connectivity index (χ4v) is 2.48. The Hall–Kier alpha value is -1.36. The van der Waals surface area contributed by atoms with Crippen molar-refractivity contribution in [2.45, 2.75) is 52.6 Å². The molecular formula is C15H26N2O3. The van der Waals surface area contributed by atoms with E-state index in [2.05, 4.69) is 0 Å². The van der Waals surface area contributed by atoms with E-state index in [0.29, 0.717) is 30.4 Å². The topological polar surface area (TPSA) is 72.6 Å². The highest BCUT2D eigenvalue weighted by Gasteiger charge is 2.40. The zero-order valence-electron chi connectivity index (χ0n) is 13.1. The van der Waals surface area contributed by atoms with Crippen LogP contribution in [0.4, 0.5) is 0 Å². The van der Waals surface area contributed by atoms with Crippen molar-refractivity contribution in [1.29, 1.82) is 0 Å². The molecule has 0 spiro atoms. The number of nitrogens with zero attached hydrogens (tertiary/aromatic N) is 1. The predicted molar refractivity (Wildman–Crippen MR) is 77.6 cm³/mol. The summed E-state index contributed by atoms with van der Waals surface area (Å²) >= 11 is 0. The van der Waals surface area contributed by atoms with E-state index in [4.69, 9.17) is 10.5 Å². The summed E-state index contributed by atoms with van der Waals surface area (Å²) in [6.07, 6.45) is 2.65. The van der Waals surface area contributed by atoms with E-state index in [9.17, 15) is 9.59 Å². The molecule has 0 saturated carbocycles. The highest BCUT2D eigenvalue weighted by molar-refractivity contribution is 6.05. The van der Waals surface area contributed by atoms with Gasteiger partial charge in [0.25, 0.3) is 5.91 Å². The van der Waals surface area contributed by atoms with Crippen molar-refractivity contribution in [3.05, 3.63) is 11.8 Å². The number of imide groups is 1. The molecule has 0 aromatic carbocycles. The first kappa shape index (κ1) is 16.7. The highest BCUT2D eigenvalue weighted by atomic mass is 16.5.